The number of carbonyl (C=O) groups excluding carboxylic acids is 2. The van der Waals surface area contributed by atoms with Crippen molar-refractivity contribution < 1.29 is 9.59 Å². The molecule has 0 bridgehead atoms. The minimum atomic E-state index is -0.821. The van der Waals surface area contributed by atoms with Gasteiger partial charge in [0.25, 0.3) is 5.91 Å². The molecular weight excluding hydrogens is 492 g/mol. The summed E-state index contributed by atoms with van der Waals surface area (Å²) in [6.45, 7) is 11.3. The Morgan fingerprint density at radius 3 is 1.90 bits per heavy atom. The highest BCUT2D eigenvalue weighted by Crippen LogP contribution is 2.16. The molecule has 0 aliphatic heterocycles. The average Bonchev–Trinajstić information content (AvgIpc) is 2.44. The Labute approximate surface area is 151 Å². The van der Waals surface area contributed by atoms with Gasteiger partial charge in [-0.15, -0.1) is 0 Å². The summed E-state index contributed by atoms with van der Waals surface area (Å²) in [5.41, 5.74) is 3.16. The Bertz CT molecular complexity index is 502. The molecule has 1 aromatic carbocycles. The highest BCUT2D eigenvalue weighted by Gasteiger charge is 2.28. The van der Waals surface area contributed by atoms with Crippen LogP contribution in [0.15, 0.2) is 12.1 Å². The zero-order valence-corrected chi connectivity index (χ0v) is 17.7. The molecule has 0 unspecified atom stereocenters. The minimum Gasteiger partial charge on any atom is -0.340 e. The van der Waals surface area contributed by atoms with E-state index in [0.29, 0.717) is 12.0 Å². The molecule has 0 saturated heterocycles. The van der Waals surface area contributed by atoms with E-state index in [4.69, 9.17) is 0 Å². The van der Waals surface area contributed by atoms with Gasteiger partial charge in [0.15, 0.2) is 5.78 Å². The smallest absolute Gasteiger partial charge is 0.252 e. The third-order valence-corrected chi connectivity index (χ3v) is 3.63. The van der Waals surface area contributed by atoms with Crippen molar-refractivity contribution in [3.63, 3.8) is 0 Å². The lowest BCUT2D eigenvalue weighted by atomic mass is 9.95. The maximum atomic E-state index is 12.2. The molecule has 0 aliphatic carbocycles. The van der Waals surface area contributed by atoms with Crippen LogP contribution in [0.1, 0.15) is 54.2 Å². The second-order valence-electron chi connectivity index (χ2n) is 5.59. The quantitative estimate of drug-likeness (QED) is 0.582. The average molecular weight is 515 g/mol. The van der Waals surface area contributed by atoms with Gasteiger partial charge in [0.05, 0.1) is 5.54 Å². The fourth-order valence-corrected chi connectivity index (χ4v) is 2.03. The van der Waals surface area contributed by atoms with E-state index in [-0.39, 0.29) is 11.7 Å². The van der Waals surface area contributed by atoms with Crippen LogP contribution in [0.4, 0.5) is 0 Å². The summed E-state index contributed by atoms with van der Waals surface area (Å²) in [6.07, 6.45) is 0.416. The van der Waals surface area contributed by atoms with Gasteiger partial charge in [0.1, 0.15) is 0 Å². The standard InChI is InChI=1S/C16H23NO2.I2/c1-7-14(18)16(5,6)17-15(19)13-8-10(2)12(4)11(3)9-13;1-2/h8-9H,7H2,1-6H3,(H,17,19);. The topological polar surface area (TPSA) is 46.2 Å². The van der Waals surface area contributed by atoms with Crippen molar-refractivity contribution in [2.45, 2.75) is 53.5 Å². The summed E-state index contributed by atoms with van der Waals surface area (Å²) < 4.78 is 0. The molecule has 0 spiro atoms. The van der Waals surface area contributed by atoms with E-state index < -0.39 is 5.54 Å². The predicted molar refractivity (Wildman–Crippen MR) is 106 cm³/mol. The van der Waals surface area contributed by atoms with Crippen LogP contribution in [0.25, 0.3) is 0 Å². The molecule has 118 valence electrons. The van der Waals surface area contributed by atoms with Crippen LogP contribution in [0.5, 0.6) is 0 Å². The van der Waals surface area contributed by atoms with Crippen molar-refractivity contribution in [1.82, 2.24) is 5.32 Å². The number of Topliss-reactive ketones (excluding diaryl/α,β-unsaturated/α-hetero) is 1. The number of aryl methyl sites for hydroxylation is 2. The van der Waals surface area contributed by atoms with E-state index in [0.717, 1.165) is 11.1 Å². The maximum Gasteiger partial charge on any atom is 0.252 e. The first-order valence-electron chi connectivity index (χ1n) is 6.77. The largest absolute Gasteiger partial charge is 0.340 e. The molecular formula is C16H23I2NO2. The first-order chi connectivity index (χ1) is 9.69. The third kappa shape index (κ3) is 5.84. The van der Waals surface area contributed by atoms with Gasteiger partial charge in [0, 0.05) is 49.2 Å². The predicted octanol–water partition coefficient (Wildman–Crippen LogP) is 4.87. The molecule has 0 atom stereocenters. The van der Waals surface area contributed by atoms with Crippen molar-refractivity contribution in [3.8, 4) is 0 Å². The van der Waals surface area contributed by atoms with Gasteiger partial charge in [-0.1, -0.05) is 6.92 Å². The number of nitrogens with one attached hydrogen (secondary N) is 1. The second-order valence-corrected chi connectivity index (χ2v) is 5.59. The van der Waals surface area contributed by atoms with Crippen LogP contribution in [0.2, 0.25) is 0 Å². The van der Waals surface area contributed by atoms with E-state index in [9.17, 15) is 9.59 Å². The van der Waals surface area contributed by atoms with Gasteiger partial charge in [-0.3, -0.25) is 9.59 Å². The van der Waals surface area contributed by atoms with Gasteiger partial charge in [-0.2, -0.15) is 0 Å². The van der Waals surface area contributed by atoms with Crippen LogP contribution in [0, 0.1) is 20.8 Å². The highest BCUT2D eigenvalue weighted by atomic mass is 128. The van der Waals surface area contributed by atoms with Crippen molar-refractivity contribution in [2.75, 3.05) is 0 Å². The Morgan fingerprint density at radius 1 is 1.10 bits per heavy atom. The molecule has 0 fully saturated rings. The van der Waals surface area contributed by atoms with Crippen molar-refractivity contribution in [2.24, 2.45) is 0 Å². The monoisotopic (exact) mass is 515 g/mol. The molecule has 3 nitrogen and oxygen atoms in total. The first kappa shape index (κ1) is 20.8. The SMILES string of the molecule is CCC(=O)C(C)(C)NC(=O)c1cc(C)c(C)c(C)c1.II. The zero-order valence-electron chi connectivity index (χ0n) is 13.4. The summed E-state index contributed by atoms with van der Waals surface area (Å²) in [5, 5.41) is 2.81. The Balaban J connectivity index is 0.00000191. The van der Waals surface area contributed by atoms with Gasteiger partial charge >= 0.3 is 0 Å². The molecule has 1 aromatic rings. The normalized spacial score (nSPS) is 10.5. The van der Waals surface area contributed by atoms with Crippen LogP contribution >= 0.6 is 37.2 Å². The number of hydrogen-bond donors (Lipinski definition) is 1. The summed E-state index contributed by atoms with van der Waals surface area (Å²) >= 11 is 4.24. The van der Waals surface area contributed by atoms with Gasteiger partial charge in [-0.25, -0.2) is 0 Å². The van der Waals surface area contributed by atoms with Gasteiger partial charge in [-0.05, 0) is 63.4 Å². The molecule has 0 aromatic heterocycles. The summed E-state index contributed by atoms with van der Waals surface area (Å²) in [4.78, 5) is 24.0. The first-order valence-corrected chi connectivity index (χ1v) is 13.1. The third-order valence-electron chi connectivity index (χ3n) is 3.63. The fraction of sp³-hybridized carbons (Fsp3) is 0.500. The zero-order chi connectivity index (χ0) is 16.8. The molecule has 1 rings (SSSR count). The second kappa shape index (κ2) is 9.07. The van der Waals surface area contributed by atoms with Gasteiger partial charge < -0.3 is 5.32 Å². The Morgan fingerprint density at radius 2 is 1.52 bits per heavy atom. The van der Waals surface area contributed by atoms with Crippen LogP contribution in [-0.4, -0.2) is 17.2 Å². The lowest BCUT2D eigenvalue weighted by Gasteiger charge is -2.24. The number of ketones is 1. The molecule has 0 saturated carbocycles. The van der Waals surface area contributed by atoms with E-state index in [1.807, 2.05) is 32.9 Å². The lowest BCUT2D eigenvalue weighted by Crippen LogP contribution is -2.49. The molecule has 1 amide bonds. The Hall–Kier alpha value is -0.180. The van der Waals surface area contributed by atoms with Crippen molar-refractivity contribution >= 4 is 48.9 Å². The van der Waals surface area contributed by atoms with E-state index in [1.54, 1.807) is 20.8 Å². The molecule has 0 aliphatic rings. The van der Waals surface area contributed by atoms with Crippen molar-refractivity contribution in [3.05, 3.63) is 34.4 Å². The highest BCUT2D eigenvalue weighted by molar-refractivity contribution is 15.0. The molecule has 5 heteroatoms. The number of halogens is 2. The summed E-state index contributed by atoms with van der Waals surface area (Å²) in [7, 11) is 0. The minimum absolute atomic E-state index is 0.0291. The maximum absolute atomic E-state index is 12.2. The molecule has 21 heavy (non-hydrogen) atoms. The lowest BCUT2D eigenvalue weighted by molar-refractivity contribution is -0.123. The number of amides is 1. The number of benzene rings is 1. The van der Waals surface area contributed by atoms with Crippen LogP contribution in [-0.2, 0) is 4.79 Å². The van der Waals surface area contributed by atoms with Crippen LogP contribution < -0.4 is 5.32 Å². The number of rotatable bonds is 4. The molecule has 0 heterocycles. The number of carbonyl (C=O) groups is 2. The van der Waals surface area contributed by atoms with E-state index in [2.05, 4.69) is 42.5 Å². The van der Waals surface area contributed by atoms with E-state index >= 15 is 0 Å². The van der Waals surface area contributed by atoms with Gasteiger partial charge in [0.2, 0.25) is 0 Å². The van der Waals surface area contributed by atoms with Crippen molar-refractivity contribution in [1.29, 1.82) is 0 Å². The number of hydrogen-bond acceptors (Lipinski definition) is 2. The fourth-order valence-electron chi connectivity index (χ4n) is 2.03. The Kier molecular flexibility index (Phi) is 8.99. The summed E-state index contributed by atoms with van der Waals surface area (Å²) in [5.74, 6) is -0.167. The van der Waals surface area contributed by atoms with Crippen LogP contribution in [0.3, 0.4) is 0 Å². The summed E-state index contributed by atoms with van der Waals surface area (Å²) in [6, 6.07) is 3.73. The molecule has 0 radical (unpaired) electrons. The molecule has 1 N–H and O–H groups in total. The van der Waals surface area contributed by atoms with E-state index in [1.165, 1.54) is 5.56 Å².